The summed E-state index contributed by atoms with van der Waals surface area (Å²) in [5.74, 6) is 2.11. The number of nitrogens with zero attached hydrogens (tertiary/aromatic N) is 3. The first-order valence-corrected chi connectivity index (χ1v) is 11.4. The normalized spacial score (nSPS) is 15.4. The fourth-order valence-electron chi connectivity index (χ4n) is 3.13. The fraction of sp³-hybridized carbons (Fsp3) is 0.545. The lowest BCUT2D eigenvalue weighted by molar-refractivity contribution is 0.0322. The molecule has 2 heterocycles. The van der Waals surface area contributed by atoms with E-state index in [4.69, 9.17) is 9.47 Å². The Balaban J connectivity index is 1.46. The van der Waals surface area contributed by atoms with E-state index in [0.717, 1.165) is 60.8 Å². The molecule has 1 saturated heterocycles. The van der Waals surface area contributed by atoms with Crippen LogP contribution in [0.25, 0.3) is 0 Å². The van der Waals surface area contributed by atoms with Gasteiger partial charge in [0.2, 0.25) is 0 Å². The molecule has 2 N–H and O–H groups in total. The van der Waals surface area contributed by atoms with Gasteiger partial charge in [0, 0.05) is 44.2 Å². The first kappa shape index (κ1) is 22.5. The minimum Gasteiger partial charge on any atom is -0.492 e. The van der Waals surface area contributed by atoms with Gasteiger partial charge in [-0.05, 0) is 12.0 Å². The molecular formula is C22H33N5O2S. The molecule has 0 unspecified atom stereocenters. The average molecular weight is 432 g/mol. The molecule has 1 aromatic carbocycles. The summed E-state index contributed by atoms with van der Waals surface area (Å²) in [4.78, 5) is 11.4. The van der Waals surface area contributed by atoms with Gasteiger partial charge in [0.25, 0.3) is 0 Å². The van der Waals surface area contributed by atoms with Gasteiger partial charge in [0.1, 0.15) is 17.4 Å². The van der Waals surface area contributed by atoms with Crippen molar-refractivity contribution in [2.24, 2.45) is 4.99 Å². The second-order valence-electron chi connectivity index (χ2n) is 7.51. The van der Waals surface area contributed by atoms with E-state index < -0.39 is 0 Å². The minimum absolute atomic E-state index is 0.451. The number of rotatable bonds is 9. The molecule has 0 atom stereocenters. The minimum atomic E-state index is 0.451. The zero-order valence-corrected chi connectivity index (χ0v) is 19.0. The Morgan fingerprint density at radius 3 is 2.73 bits per heavy atom. The molecule has 1 aliphatic rings. The fourth-order valence-corrected chi connectivity index (χ4v) is 4.03. The number of ether oxygens (including phenoxy) is 2. The Kier molecular flexibility index (Phi) is 8.92. The summed E-state index contributed by atoms with van der Waals surface area (Å²) in [6, 6.07) is 8.15. The van der Waals surface area contributed by atoms with Crippen LogP contribution >= 0.6 is 11.3 Å². The number of aliphatic imine (C=N–C) groups is 1. The van der Waals surface area contributed by atoms with Crippen LogP contribution in [0, 0.1) is 0 Å². The summed E-state index contributed by atoms with van der Waals surface area (Å²) in [5, 5.41) is 9.91. The number of guanidine groups is 1. The summed E-state index contributed by atoms with van der Waals surface area (Å²) in [6.45, 7) is 10.8. The SMILES string of the molecule is CN=C(NCc1nc(C(C)C)cs1)NCc1ccccc1OCCN1CCOCC1. The van der Waals surface area contributed by atoms with E-state index in [0.29, 0.717) is 25.6 Å². The number of para-hydroxylation sites is 1. The van der Waals surface area contributed by atoms with Gasteiger partial charge in [-0.1, -0.05) is 32.0 Å². The van der Waals surface area contributed by atoms with Crippen LogP contribution in [0.4, 0.5) is 0 Å². The van der Waals surface area contributed by atoms with Gasteiger partial charge in [0.15, 0.2) is 5.96 Å². The summed E-state index contributed by atoms with van der Waals surface area (Å²) in [7, 11) is 1.78. The quantitative estimate of drug-likeness (QED) is 0.470. The molecule has 30 heavy (non-hydrogen) atoms. The lowest BCUT2D eigenvalue weighted by Gasteiger charge is -2.26. The zero-order chi connectivity index (χ0) is 21.2. The van der Waals surface area contributed by atoms with E-state index in [9.17, 15) is 0 Å². The van der Waals surface area contributed by atoms with Crippen LogP contribution < -0.4 is 15.4 Å². The summed E-state index contributed by atoms with van der Waals surface area (Å²) >= 11 is 1.68. The smallest absolute Gasteiger partial charge is 0.191 e. The highest BCUT2D eigenvalue weighted by Gasteiger charge is 2.11. The van der Waals surface area contributed by atoms with Crippen molar-refractivity contribution in [1.29, 1.82) is 0 Å². The van der Waals surface area contributed by atoms with Crippen molar-refractivity contribution in [1.82, 2.24) is 20.5 Å². The summed E-state index contributed by atoms with van der Waals surface area (Å²) < 4.78 is 11.5. The number of morpholine rings is 1. The van der Waals surface area contributed by atoms with E-state index in [2.05, 4.69) is 50.8 Å². The second-order valence-corrected chi connectivity index (χ2v) is 8.45. The maximum atomic E-state index is 6.07. The van der Waals surface area contributed by atoms with Crippen molar-refractivity contribution in [2.75, 3.05) is 46.5 Å². The van der Waals surface area contributed by atoms with Crippen LogP contribution in [0.1, 0.15) is 36.0 Å². The number of hydrogen-bond donors (Lipinski definition) is 2. The highest BCUT2D eigenvalue weighted by Crippen LogP contribution is 2.18. The highest BCUT2D eigenvalue weighted by molar-refractivity contribution is 7.09. The van der Waals surface area contributed by atoms with Gasteiger partial charge in [-0.3, -0.25) is 9.89 Å². The standard InChI is InChI=1S/C22H33N5O2S/c1-17(2)19-16-30-21(26-19)15-25-22(23-3)24-14-18-6-4-5-7-20(18)29-13-10-27-8-11-28-12-9-27/h4-7,16-17H,8-15H2,1-3H3,(H2,23,24,25). The monoisotopic (exact) mass is 431 g/mol. The lowest BCUT2D eigenvalue weighted by atomic mass is 10.2. The Morgan fingerprint density at radius 2 is 2.00 bits per heavy atom. The molecule has 164 valence electrons. The van der Waals surface area contributed by atoms with Crippen molar-refractivity contribution in [3.05, 3.63) is 45.9 Å². The Morgan fingerprint density at radius 1 is 1.23 bits per heavy atom. The van der Waals surface area contributed by atoms with Crippen LogP contribution in [-0.2, 0) is 17.8 Å². The van der Waals surface area contributed by atoms with Gasteiger partial charge >= 0.3 is 0 Å². The maximum Gasteiger partial charge on any atom is 0.191 e. The third kappa shape index (κ3) is 6.97. The topological polar surface area (TPSA) is 71.0 Å². The number of benzene rings is 1. The predicted octanol–water partition coefficient (Wildman–Crippen LogP) is 2.84. The Bertz CT molecular complexity index is 802. The largest absolute Gasteiger partial charge is 0.492 e. The molecule has 0 spiro atoms. The van der Waals surface area contributed by atoms with Crippen molar-refractivity contribution in [3.63, 3.8) is 0 Å². The van der Waals surface area contributed by atoms with Crippen molar-refractivity contribution in [3.8, 4) is 5.75 Å². The third-order valence-corrected chi connectivity index (χ3v) is 5.85. The zero-order valence-electron chi connectivity index (χ0n) is 18.2. The average Bonchev–Trinajstić information content (AvgIpc) is 3.25. The van der Waals surface area contributed by atoms with Gasteiger partial charge in [-0.15, -0.1) is 11.3 Å². The van der Waals surface area contributed by atoms with Crippen LogP contribution in [0.15, 0.2) is 34.6 Å². The summed E-state index contributed by atoms with van der Waals surface area (Å²) in [6.07, 6.45) is 0. The van der Waals surface area contributed by atoms with Crippen LogP contribution in [0.3, 0.4) is 0 Å². The molecule has 0 aliphatic carbocycles. The molecule has 0 amide bonds. The van der Waals surface area contributed by atoms with Crippen molar-refractivity contribution >= 4 is 17.3 Å². The molecule has 0 saturated carbocycles. The van der Waals surface area contributed by atoms with Crippen LogP contribution in [0.2, 0.25) is 0 Å². The third-order valence-electron chi connectivity index (χ3n) is 4.98. The number of aromatic nitrogens is 1. The van der Waals surface area contributed by atoms with Gasteiger partial charge in [-0.25, -0.2) is 4.98 Å². The van der Waals surface area contributed by atoms with Crippen molar-refractivity contribution < 1.29 is 9.47 Å². The molecule has 2 aromatic rings. The van der Waals surface area contributed by atoms with Crippen LogP contribution in [-0.4, -0.2) is 62.3 Å². The molecule has 1 fully saturated rings. The Hall–Kier alpha value is -2.16. The van der Waals surface area contributed by atoms with E-state index in [1.165, 1.54) is 0 Å². The summed E-state index contributed by atoms with van der Waals surface area (Å²) in [5.41, 5.74) is 2.25. The van der Waals surface area contributed by atoms with E-state index in [1.807, 2.05) is 18.2 Å². The lowest BCUT2D eigenvalue weighted by Crippen LogP contribution is -2.38. The van der Waals surface area contributed by atoms with Crippen molar-refractivity contribution in [2.45, 2.75) is 32.9 Å². The predicted molar refractivity (Wildman–Crippen MR) is 122 cm³/mol. The highest BCUT2D eigenvalue weighted by atomic mass is 32.1. The van der Waals surface area contributed by atoms with Gasteiger partial charge in [-0.2, -0.15) is 0 Å². The maximum absolute atomic E-state index is 6.07. The molecule has 8 heteroatoms. The number of thiazole rings is 1. The van der Waals surface area contributed by atoms with E-state index in [-0.39, 0.29) is 0 Å². The molecule has 7 nitrogen and oxygen atoms in total. The van der Waals surface area contributed by atoms with Gasteiger partial charge < -0.3 is 20.1 Å². The number of nitrogens with one attached hydrogen (secondary N) is 2. The molecule has 0 bridgehead atoms. The number of hydrogen-bond acceptors (Lipinski definition) is 6. The van der Waals surface area contributed by atoms with E-state index in [1.54, 1.807) is 18.4 Å². The first-order valence-electron chi connectivity index (χ1n) is 10.6. The molecular weight excluding hydrogens is 398 g/mol. The first-order chi connectivity index (χ1) is 14.7. The van der Waals surface area contributed by atoms with E-state index >= 15 is 0 Å². The Labute approximate surface area is 183 Å². The molecule has 1 aromatic heterocycles. The molecule has 1 aliphatic heterocycles. The molecule has 3 rings (SSSR count). The molecule has 0 radical (unpaired) electrons. The van der Waals surface area contributed by atoms with Crippen LogP contribution in [0.5, 0.6) is 5.75 Å². The second kappa shape index (κ2) is 11.9. The van der Waals surface area contributed by atoms with Gasteiger partial charge in [0.05, 0.1) is 25.5 Å².